The largest absolute Gasteiger partial charge is 0.508 e. The lowest BCUT2D eigenvalue weighted by Gasteiger charge is -2.28. The lowest BCUT2D eigenvalue weighted by Crippen LogP contribution is -2.50. The van der Waals surface area contributed by atoms with E-state index in [1.165, 1.54) is 0 Å². The van der Waals surface area contributed by atoms with Gasteiger partial charge >= 0.3 is 5.97 Å². The van der Waals surface area contributed by atoms with Crippen molar-refractivity contribution in [3.63, 3.8) is 0 Å². The van der Waals surface area contributed by atoms with Crippen LogP contribution in [0.3, 0.4) is 0 Å². The van der Waals surface area contributed by atoms with Gasteiger partial charge in [0, 0.05) is 51.2 Å². The molecule has 1 aromatic rings. The summed E-state index contributed by atoms with van der Waals surface area (Å²) in [5.74, 6) is -1.17. The van der Waals surface area contributed by atoms with E-state index in [0.29, 0.717) is 96.4 Å². The lowest BCUT2D eigenvalue weighted by atomic mass is 9.81. The lowest BCUT2D eigenvalue weighted by molar-refractivity contribution is -0.142. The van der Waals surface area contributed by atoms with E-state index in [4.69, 9.17) is 11.5 Å². The highest BCUT2D eigenvalue weighted by Crippen LogP contribution is 2.28. The maximum Gasteiger partial charge on any atom is 0.326 e. The van der Waals surface area contributed by atoms with Gasteiger partial charge in [-0.2, -0.15) is 0 Å². The highest BCUT2D eigenvalue weighted by Gasteiger charge is 2.29. The van der Waals surface area contributed by atoms with E-state index >= 15 is 0 Å². The molecule has 11 N–H and O–H groups in total. The molecule has 2 rings (SSSR count). The number of carboxylic acid groups (broad SMARTS) is 1. The molecule has 60 heavy (non-hydrogen) atoms. The molecule has 0 aliphatic heterocycles. The van der Waals surface area contributed by atoms with Crippen molar-refractivity contribution in [3.05, 3.63) is 29.8 Å². The number of phenolic OH excluding ortho intramolecular Hbond substituents is 1. The van der Waals surface area contributed by atoms with Crippen LogP contribution in [0.4, 0.5) is 0 Å². The second kappa shape index (κ2) is 32.5. The number of carboxylic acids is 1. The van der Waals surface area contributed by atoms with Gasteiger partial charge in [0.1, 0.15) is 17.8 Å². The Morgan fingerprint density at radius 2 is 1.10 bits per heavy atom. The molecule has 1 saturated carbocycles. The molecular formula is C45H77N7O8. The van der Waals surface area contributed by atoms with Gasteiger partial charge in [-0.1, -0.05) is 63.5 Å². The van der Waals surface area contributed by atoms with Crippen LogP contribution < -0.4 is 38.1 Å². The molecular weight excluding hydrogens is 767 g/mol. The summed E-state index contributed by atoms with van der Waals surface area (Å²) in [6, 6.07) is 5.05. The van der Waals surface area contributed by atoms with E-state index < -0.39 is 18.1 Å². The Morgan fingerprint density at radius 3 is 1.68 bits per heavy atom. The fourth-order valence-electron chi connectivity index (χ4n) is 7.50. The Hall–Kier alpha value is -4.24. The molecule has 1 aliphatic carbocycles. The summed E-state index contributed by atoms with van der Waals surface area (Å²) in [6.07, 6.45) is 18.5. The van der Waals surface area contributed by atoms with Crippen molar-refractivity contribution in [1.29, 1.82) is 0 Å². The topological polar surface area (TPSA) is 255 Å². The molecule has 5 amide bonds. The van der Waals surface area contributed by atoms with E-state index in [-0.39, 0.29) is 41.2 Å². The van der Waals surface area contributed by atoms with Crippen LogP contribution in [0.2, 0.25) is 0 Å². The number of benzene rings is 1. The van der Waals surface area contributed by atoms with Gasteiger partial charge in [-0.25, -0.2) is 4.79 Å². The van der Waals surface area contributed by atoms with Crippen LogP contribution in [0.5, 0.6) is 5.75 Å². The first kappa shape index (κ1) is 51.9. The SMILES string of the molecule is NCCCC[C@H](NC(=O)CCCCCCCCCCCNC(=O)CCCNC(=O)CCCCCNC(=O)[C@H](Cc1ccc(O)cc1)NC(=O)C1CCC(CN)CC1)C(=O)O. The Kier molecular flexibility index (Phi) is 28.1. The third-order valence-corrected chi connectivity index (χ3v) is 11.3. The number of carbonyl (C=O) groups is 6. The number of aliphatic carboxylic acids is 1. The number of nitrogens with one attached hydrogen (secondary N) is 5. The molecule has 0 spiro atoms. The Morgan fingerprint density at radius 1 is 0.583 bits per heavy atom. The van der Waals surface area contributed by atoms with Gasteiger partial charge in [0.25, 0.3) is 0 Å². The summed E-state index contributed by atoms with van der Waals surface area (Å²) in [5.41, 5.74) is 12.1. The number of aromatic hydroxyl groups is 1. The minimum Gasteiger partial charge on any atom is -0.508 e. The predicted octanol–water partition coefficient (Wildman–Crippen LogP) is 4.47. The van der Waals surface area contributed by atoms with Crippen molar-refractivity contribution in [2.75, 3.05) is 32.7 Å². The van der Waals surface area contributed by atoms with Crippen LogP contribution in [0.1, 0.15) is 153 Å². The van der Waals surface area contributed by atoms with Gasteiger partial charge in [0.2, 0.25) is 29.5 Å². The molecule has 340 valence electrons. The van der Waals surface area contributed by atoms with E-state index in [1.54, 1.807) is 24.3 Å². The summed E-state index contributed by atoms with van der Waals surface area (Å²) in [6.45, 7) is 2.66. The van der Waals surface area contributed by atoms with Gasteiger partial charge in [0.05, 0.1) is 0 Å². The van der Waals surface area contributed by atoms with Crippen LogP contribution in [-0.4, -0.2) is 90.5 Å². The second-order valence-corrected chi connectivity index (χ2v) is 16.5. The molecule has 1 aliphatic rings. The molecule has 0 heterocycles. The minimum absolute atomic E-state index is 0.00966. The zero-order chi connectivity index (χ0) is 43.8. The second-order valence-electron chi connectivity index (χ2n) is 16.5. The molecule has 1 fully saturated rings. The summed E-state index contributed by atoms with van der Waals surface area (Å²) in [5, 5.41) is 33.3. The first-order valence-corrected chi connectivity index (χ1v) is 22.8. The molecule has 0 aromatic heterocycles. The highest BCUT2D eigenvalue weighted by atomic mass is 16.4. The standard InChI is InChI=1S/C45H77N7O8/c46-28-12-11-16-38(45(59)60)51-42(56)18-9-6-4-2-1-3-5-7-13-29-48-41(55)19-15-31-49-40(54)17-10-8-14-30-50-44(58)39(32-34-22-26-37(53)27-23-34)52-43(57)36-24-20-35(33-47)21-25-36/h22-23,26-27,35-36,38-39,53H,1-21,24-25,28-33,46-47H2,(H,48,55)(H,49,54)(H,50,58)(H,51,56)(H,52,57)(H,59,60)/t35?,36?,38-,39-/m0/s1. The molecule has 0 radical (unpaired) electrons. The zero-order valence-corrected chi connectivity index (χ0v) is 36.1. The predicted molar refractivity (Wildman–Crippen MR) is 234 cm³/mol. The summed E-state index contributed by atoms with van der Waals surface area (Å²) in [7, 11) is 0. The summed E-state index contributed by atoms with van der Waals surface area (Å²) in [4.78, 5) is 74.2. The average Bonchev–Trinajstić information content (AvgIpc) is 3.24. The smallest absolute Gasteiger partial charge is 0.326 e. The molecule has 15 nitrogen and oxygen atoms in total. The number of unbranched alkanes of at least 4 members (excludes halogenated alkanes) is 11. The normalized spacial score (nSPS) is 16.0. The number of rotatable bonds is 34. The minimum atomic E-state index is -1.000. The van der Waals surface area contributed by atoms with E-state index in [2.05, 4.69) is 26.6 Å². The van der Waals surface area contributed by atoms with Gasteiger partial charge in [0.15, 0.2) is 0 Å². The maximum atomic E-state index is 13.2. The Balaban J connectivity index is 1.44. The van der Waals surface area contributed by atoms with Crippen LogP contribution in [0.15, 0.2) is 24.3 Å². The third-order valence-electron chi connectivity index (χ3n) is 11.3. The highest BCUT2D eigenvalue weighted by molar-refractivity contribution is 5.88. The first-order chi connectivity index (χ1) is 29.0. The number of amides is 5. The number of nitrogens with two attached hydrogens (primary N) is 2. The fourth-order valence-corrected chi connectivity index (χ4v) is 7.50. The Labute approximate surface area is 358 Å². The number of hydrogen-bond donors (Lipinski definition) is 9. The number of phenols is 1. The quantitative estimate of drug-likeness (QED) is 0.0440. The molecule has 0 saturated heterocycles. The van der Waals surface area contributed by atoms with Crippen molar-refractivity contribution >= 4 is 35.5 Å². The molecule has 15 heteroatoms. The van der Waals surface area contributed by atoms with Crippen molar-refractivity contribution in [2.45, 2.75) is 166 Å². The van der Waals surface area contributed by atoms with Crippen LogP contribution in [-0.2, 0) is 35.2 Å². The van der Waals surface area contributed by atoms with Gasteiger partial charge < -0.3 is 48.3 Å². The maximum absolute atomic E-state index is 13.2. The van der Waals surface area contributed by atoms with Gasteiger partial charge in [-0.05, 0) is 114 Å². The first-order valence-electron chi connectivity index (χ1n) is 22.8. The van der Waals surface area contributed by atoms with E-state index in [0.717, 1.165) is 102 Å². The van der Waals surface area contributed by atoms with Crippen molar-refractivity contribution < 1.29 is 39.0 Å². The van der Waals surface area contributed by atoms with Gasteiger partial charge in [-0.15, -0.1) is 0 Å². The molecule has 0 unspecified atom stereocenters. The molecule has 0 bridgehead atoms. The van der Waals surface area contributed by atoms with E-state index in [1.807, 2.05) is 0 Å². The number of hydrogen-bond acceptors (Lipinski definition) is 9. The van der Waals surface area contributed by atoms with Gasteiger partial charge in [-0.3, -0.25) is 24.0 Å². The average molecular weight is 844 g/mol. The van der Waals surface area contributed by atoms with Crippen molar-refractivity contribution in [2.24, 2.45) is 23.3 Å². The van der Waals surface area contributed by atoms with Crippen molar-refractivity contribution in [1.82, 2.24) is 26.6 Å². The monoisotopic (exact) mass is 844 g/mol. The van der Waals surface area contributed by atoms with E-state index in [9.17, 15) is 39.0 Å². The van der Waals surface area contributed by atoms with Crippen LogP contribution in [0, 0.1) is 11.8 Å². The van der Waals surface area contributed by atoms with Crippen LogP contribution >= 0.6 is 0 Å². The zero-order valence-electron chi connectivity index (χ0n) is 36.1. The van der Waals surface area contributed by atoms with Crippen molar-refractivity contribution in [3.8, 4) is 5.75 Å². The molecule has 1 aromatic carbocycles. The summed E-state index contributed by atoms with van der Waals surface area (Å²) < 4.78 is 0. The fraction of sp³-hybridized carbons (Fsp3) is 0.733. The Bertz CT molecular complexity index is 1390. The number of carbonyl (C=O) groups excluding carboxylic acids is 5. The van der Waals surface area contributed by atoms with Crippen LogP contribution in [0.25, 0.3) is 0 Å². The third kappa shape index (κ3) is 24.7. The summed E-state index contributed by atoms with van der Waals surface area (Å²) >= 11 is 0. The molecule has 2 atom stereocenters.